The van der Waals surface area contributed by atoms with Crippen LogP contribution in [-0.2, 0) is 21.1 Å². The number of carbonyl (C=O) groups excluding carboxylic acids is 1. The fourth-order valence-corrected chi connectivity index (χ4v) is 2.94. The van der Waals surface area contributed by atoms with Crippen molar-refractivity contribution in [1.29, 1.82) is 5.26 Å². The molecule has 0 aliphatic heterocycles. The summed E-state index contributed by atoms with van der Waals surface area (Å²) in [6, 6.07) is 13.4. The second-order valence-corrected chi connectivity index (χ2v) is 7.46. The van der Waals surface area contributed by atoms with Gasteiger partial charge in [-0.1, -0.05) is 63.2 Å². The number of benzene rings is 2. The van der Waals surface area contributed by atoms with Crippen LogP contribution in [0.3, 0.4) is 0 Å². The number of hydrogen-bond donors (Lipinski definition) is 0. The summed E-state index contributed by atoms with van der Waals surface area (Å²) in [4.78, 5) is 12.0. The van der Waals surface area contributed by atoms with E-state index in [1.807, 2.05) is 25.1 Å². The van der Waals surface area contributed by atoms with Gasteiger partial charge in [-0.15, -0.1) is 0 Å². The van der Waals surface area contributed by atoms with Crippen LogP contribution in [0, 0.1) is 11.3 Å². The topological polar surface area (TPSA) is 59.3 Å². The Bertz CT molecular complexity index is 1000. The Morgan fingerprint density at radius 2 is 1.65 bits per heavy atom. The lowest BCUT2D eigenvalue weighted by molar-refractivity contribution is -0.137. The van der Waals surface area contributed by atoms with Crippen LogP contribution >= 0.6 is 0 Å². The summed E-state index contributed by atoms with van der Waals surface area (Å²) in [5, 5.41) is 9.80. The molecule has 0 aliphatic rings. The highest BCUT2D eigenvalue weighted by Gasteiger charge is 2.35. The van der Waals surface area contributed by atoms with Crippen LogP contribution in [0.15, 0.2) is 48.5 Å². The van der Waals surface area contributed by atoms with Gasteiger partial charge in [0.25, 0.3) is 0 Å². The van der Waals surface area contributed by atoms with Gasteiger partial charge in [-0.25, -0.2) is 4.79 Å². The molecule has 0 spiro atoms. The highest BCUT2D eigenvalue weighted by atomic mass is 19.4. The molecule has 0 N–H and O–H groups in total. The molecule has 0 radical (unpaired) electrons. The molecule has 0 saturated heterocycles. The van der Waals surface area contributed by atoms with Crippen molar-refractivity contribution >= 4 is 17.5 Å². The van der Waals surface area contributed by atoms with Crippen LogP contribution in [0.4, 0.5) is 18.0 Å². The smallest absolute Gasteiger partial charge is 0.434 e. The van der Waals surface area contributed by atoms with E-state index in [-0.39, 0.29) is 17.6 Å². The molecule has 31 heavy (non-hydrogen) atoms. The van der Waals surface area contributed by atoms with Gasteiger partial charge >= 0.3 is 12.3 Å². The summed E-state index contributed by atoms with van der Waals surface area (Å²) in [5.41, 5.74) is -0.412. The summed E-state index contributed by atoms with van der Waals surface area (Å²) in [7, 11) is 0. The Hall–Kier alpha value is -3.27. The van der Waals surface area contributed by atoms with Crippen molar-refractivity contribution in [3.63, 3.8) is 0 Å². The standard InChI is InChI=1S/C24H24F3NO3/c1-5-23(3,4)17-13-11-16(12-14-17)19(15-28)21(31-22(29)30-6-2)18-9-7-8-10-20(18)24(25,26)27/h7-14H,5-6H2,1-4H3. The van der Waals surface area contributed by atoms with E-state index >= 15 is 0 Å². The Kier molecular flexibility index (Phi) is 7.50. The zero-order valence-corrected chi connectivity index (χ0v) is 17.8. The van der Waals surface area contributed by atoms with Crippen LogP contribution in [-0.4, -0.2) is 12.8 Å². The molecule has 0 unspecified atom stereocenters. The van der Waals surface area contributed by atoms with Gasteiger partial charge in [0.15, 0.2) is 5.76 Å². The number of ether oxygens (including phenoxy) is 2. The molecule has 4 nitrogen and oxygen atoms in total. The van der Waals surface area contributed by atoms with E-state index < -0.39 is 29.2 Å². The molecule has 0 aromatic heterocycles. The molecule has 2 aromatic carbocycles. The van der Waals surface area contributed by atoms with Crippen molar-refractivity contribution in [2.75, 3.05) is 6.61 Å². The van der Waals surface area contributed by atoms with E-state index in [0.29, 0.717) is 5.56 Å². The minimum atomic E-state index is -4.71. The minimum Gasteiger partial charge on any atom is -0.434 e. The largest absolute Gasteiger partial charge is 0.513 e. The van der Waals surface area contributed by atoms with Crippen molar-refractivity contribution < 1.29 is 27.4 Å². The maximum atomic E-state index is 13.6. The average Bonchev–Trinajstić information content (AvgIpc) is 2.73. The second-order valence-electron chi connectivity index (χ2n) is 7.46. The fraction of sp³-hybridized carbons (Fsp3) is 0.333. The summed E-state index contributed by atoms with van der Waals surface area (Å²) in [6.07, 6.45) is -5.02. The average molecular weight is 431 g/mol. The summed E-state index contributed by atoms with van der Waals surface area (Å²) < 4.78 is 50.7. The molecule has 0 saturated carbocycles. The maximum Gasteiger partial charge on any atom is 0.513 e. The van der Waals surface area contributed by atoms with E-state index in [4.69, 9.17) is 9.47 Å². The summed E-state index contributed by atoms with van der Waals surface area (Å²) >= 11 is 0. The Morgan fingerprint density at radius 1 is 1.03 bits per heavy atom. The minimum absolute atomic E-state index is 0.0320. The van der Waals surface area contributed by atoms with Crippen LogP contribution in [0.5, 0.6) is 0 Å². The van der Waals surface area contributed by atoms with Gasteiger partial charge in [-0.05, 0) is 36.0 Å². The third kappa shape index (κ3) is 5.66. The lowest BCUT2D eigenvalue weighted by Gasteiger charge is -2.23. The molecule has 0 aliphatic carbocycles. The number of halogens is 3. The van der Waals surface area contributed by atoms with Gasteiger partial charge in [0.05, 0.1) is 12.2 Å². The van der Waals surface area contributed by atoms with Crippen molar-refractivity contribution in [1.82, 2.24) is 0 Å². The number of nitrogens with zero attached hydrogens (tertiary/aromatic N) is 1. The lowest BCUT2D eigenvalue weighted by Crippen LogP contribution is -2.15. The van der Waals surface area contributed by atoms with Crippen molar-refractivity contribution in [2.24, 2.45) is 0 Å². The second kappa shape index (κ2) is 9.69. The SMILES string of the molecule is CCOC(=O)OC(=C(C#N)c1ccc(C(C)(C)CC)cc1)c1ccccc1C(F)(F)F. The molecule has 164 valence electrons. The van der Waals surface area contributed by atoms with E-state index in [9.17, 15) is 23.2 Å². The van der Waals surface area contributed by atoms with Gasteiger partial charge in [0, 0.05) is 5.56 Å². The van der Waals surface area contributed by atoms with E-state index in [0.717, 1.165) is 24.1 Å². The third-order valence-corrected chi connectivity index (χ3v) is 5.10. The predicted molar refractivity (Wildman–Crippen MR) is 112 cm³/mol. The molecule has 0 amide bonds. The Labute approximate surface area is 179 Å². The number of alkyl halides is 3. The Morgan fingerprint density at radius 3 is 2.16 bits per heavy atom. The van der Waals surface area contributed by atoms with Crippen LogP contribution in [0.25, 0.3) is 11.3 Å². The maximum absolute atomic E-state index is 13.6. The lowest BCUT2D eigenvalue weighted by atomic mass is 9.81. The number of nitriles is 1. The van der Waals surface area contributed by atoms with Crippen LogP contribution in [0.1, 0.15) is 56.4 Å². The van der Waals surface area contributed by atoms with Crippen molar-refractivity contribution in [3.05, 3.63) is 70.8 Å². The first-order valence-corrected chi connectivity index (χ1v) is 9.81. The number of rotatable bonds is 6. The van der Waals surface area contributed by atoms with E-state index in [1.54, 1.807) is 12.1 Å². The molecule has 7 heteroatoms. The summed E-state index contributed by atoms with van der Waals surface area (Å²) in [5.74, 6) is -0.503. The van der Waals surface area contributed by atoms with Crippen LogP contribution in [0.2, 0.25) is 0 Å². The molecule has 0 bridgehead atoms. The molecule has 2 rings (SSSR count). The zero-order chi connectivity index (χ0) is 23.2. The first-order valence-electron chi connectivity index (χ1n) is 9.81. The molecule has 2 aromatic rings. The van der Waals surface area contributed by atoms with Crippen molar-refractivity contribution in [3.8, 4) is 6.07 Å². The van der Waals surface area contributed by atoms with Gasteiger partial charge in [0.1, 0.15) is 11.6 Å². The zero-order valence-electron chi connectivity index (χ0n) is 17.8. The first-order chi connectivity index (χ1) is 14.5. The third-order valence-electron chi connectivity index (χ3n) is 5.10. The number of allylic oxidation sites excluding steroid dienone is 1. The molecular weight excluding hydrogens is 407 g/mol. The predicted octanol–water partition coefficient (Wildman–Crippen LogP) is 6.96. The van der Waals surface area contributed by atoms with Crippen LogP contribution < -0.4 is 0 Å². The Balaban J connectivity index is 2.72. The van der Waals surface area contributed by atoms with E-state index in [2.05, 4.69) is 13.8 Å². The molecule has 0 heterocycles. The van der Waals surface area contributed by atoms with Gasteiger partial charge in [-0.3, -0.25) is 0 Å². The van der Waals surface area contributed by atoms with Gasteiger partial charge in [-0.2, -0.15) is 18.4 Å². The first kappa shape index (κ1) is 24.0. The van der Waals surface area contributed by atoms with E-state index in [1.165, 1.54) is 19.1 Å². The number of carbonyl (C=O) groups is 1. The highest BCUT2D eigenvalue weighted by Crippen LogP contribution is 2.38. The normalized spacial score (nSPS) is 12.6. The van der Waals surface area contributed by atoms with Gasteiger partial charge in [0.2, 0.25) is 0 Å². The molecule has 0 atom stereocenters. The van der Waals surface area contributed by atoms with Crippen molar-refractivity contribution in [2.45, 2.75) is 45.7 Å². The summed E-state index contributed by atoms with van der Waals surface area (Å²) in [6.45, 7) is 7.69. The highest BCUT2D eigenvalue weighted by molar-refractivity contribution is 5.97. The monoisotopic (exact) mass is 431 g/mol. The molecular formula is C24H24F3NO3. The number of hydrogen-bond acceptors (Lipinski definition) is 4. The fourth-order valence-electron chi connectivity index (χ4n) is 2.94. The molecule has 0 fully saturated rings. The van der Waals surface area contributed by atoms with Gasteiger partial charge < -0.3 is 9.47 Å². The quantitative estimate of drug-likeness (QED) is 0.215.